The Morgan fingerprint density at radius 1 is 1.38 bits per heavy atom. The van der Waals surface area contributed by atoms with Crippen LogP contribution >= 0.6 is 23.1 Å². The molecule has 1 heterocycles. The van der Waals surface area contributed by atoms with Crippen molar-refractivity contribution in [2.24, 2.45) is 5.10 Å². The number of nitrogens with one attached hydrogen (secondary N) is 1. The molecule has 0 saturated carbocycles. The number of hydrogen-bond donors (Lipinski definition) is 2. The van der Waals surface area contributed by atoms with E-state index in [1.807, 2.05) is 6.92 Å². The molecule has 0 spiro atoms. The SMILES string of the molecule is C/C(=N/NC(=O)CSc1nnc(C)s1)c1ccc(O)cc1. The number of phenols is 1. The second kappa shape index (κ2) is 7.19. The van der Waals surface area contributed by atoms with Gasteiger partial charge in [0.1, 0.15) is 10.8 Å². The summed E-state index contributed by atoms with van der Waals surface area (Å²) in [6.45, 7) is 3.65. The lowest BCUT2D eigenvalue weighted by Gasteiger charge is -2.02. The monoisotopic (exact) mass is 322 g/mol. The molecular weight excluding hydrogens is 308 g/mol. The molecule has 6 nitrogen and oxygen atoms in total. The molecular formula is C13H14N4O2S2. The highest BCUT2D eigenvalue weighted by Gasteiger charge is 2.06. The zero-order chi connectivity index (χ0) is 15.2. The van der Waals surface area contributed by atoms with Gasteiger partial charge in [-0.1, -0.05) is 23.1 Å². The zero-order valence-corrected chi connectivity index (χ0v) is 13.2. The van der Waals surface area contributed by atoms with Crippen molar-refractivity contribution in [1.82, 2.24) is 15.6 Å². The van der Waals surface area contributed by atoms with Crippen LogP contribution in [0.2, 0.25) is 0 Å². The second-order valence-corrected chi connectivity index (χ2v) is 6.56. The summed E-state index contributed by atoms with van der Waals surface area (Å²) in [5.41, 5.74) is 4.00. The van der Waals surface area contributed by atoms with Crippen molar-refractivity contribution in [1.29, 1.82) is 0 Å². The highest BCUT2D eigenvalue weighted by atomic mass is 32.2. The van der Waals surface area contributed by atoms with E-state index in [0.29, 0.717) is 5.71 Å². The molecule has 2 aromatic rings. The number of aryl methyl sites for hydroxylation is 1. The molecule has 0 aliphatic heterocycles. The molecule has 0 fully saturated rings. The van der Waals surface area contributed by atoms with Gasteiger partial charge in [-0.25, -0.2) is 5.43 Å². The standard InChI is InChI=1S/C13H14N4O2S2/c1-8(10-3-5-11(18)6-4-10)14-16-12(19)7-20-13-17-15-9(2)21-13/h3-6,18H,7H2,1-2H3,(H,16,19)/b14-8-. The number of aromatic hydroxyl groups is 1. The minimum absolute atomic E-state index is 0.194. The van der Waals surface area contributed by atoms with Gasteiger partial charge in [-0.3, -0.25) is 4.79 Å². The average molecular weight is 322 g/mol. The Bertz CT molecular complexity index is 652. The first-order chi connectivity index (χ1) is 10.0. The van der Waals surface area contributed by atoms with Crippen molar-refractivity contribution in [3.05, 3.63) is 34.8 Å². The smallest absolute Gasteiger partial charge is 0.250 e. The topological polar surface area (TPSA) is 87.5 Å². The molecule has 1 amide bonds. The van der Waals surface area contributed by atoms with Crippen LogP contribution in [0.3, 0.4) is 0 Å². The maximum Gasteiger partial charge on any atom is 0.250 e. The number of thioether (sulfide) groups is 1. The van der Waals surface area contributed by atoms with E-state index in [4.69, 9.17) is 0 Å². The number of rotatable bonds is 5. The molecule has 21 heavy (non-hydrogen) atoms. The normalized spacial score (nSPS) is 11.4. The van der Waals surface area contributed by atoms with Gasteiger partial charge in [0.15, 0.2) is 4.34 Å². The molecule has 2 N–H and O–H groups in total. The lowest BCUT2D eigenvalue weighted by atomic mass is 10.1. The number of carbonyl (C=O) groups excluding carboxylic acids is 1. The van der Waals surface area contributed by atoms with E-state index >= 15 is 0 Å². The van der Waals surface area contributed by atoms with Crippen LogP contribution in [0, 0.1) is 6.92 Å². The summed E-state index contributed by atoms with van der Waals surface area (Å²) in [5, 5.41) is 21.9. The Kier molecular flexibility index (Phi) is 5.29. The molecule has 0 saturated heterocycles. The van der Waals surface area contributed by atoms with Gasteiger partial charge in [0.25, 0.3) is 5.91 Å². The number of aromatic nitrogens is 2. The Morgan fingerprint density at radius 3 is 2.71 bits per heavy atom. The molecule has 1 aromatic heterocycles. The Labute approximate surface area is 130 Å². The predicted octanol–water partition coefficient (Wildman–Crippen LogP) is 2.18. The van der Waals surface area contributed by atoms with Crippen molar-refractivity contribution in [3.63, 3.8) is 0 Å². The van der Waals surface area contributed by atoms with Gasteiger partial charge in [0.05, 0.1) is 11.5 Å². The average Bonchev–Trinajstić information content (AvgIpc) is 2.89. The zero-order valence-electron chi connectivity index (χ0n) is 11.5. The van der Waals surface area contributed by atoms with E-state index in [1.165, 1.54) is 23.1 Å². The van der Waals surface area contributed by atoms with Crippen LogP contribution in [0.25, 0.3) is 0 Å². The molecule has 0 aliphatic carbocycles. The molecule has 0 aliphatic rings. The Morgan fingerprint density at radius 2 is 2.10 bits per heavy atom. The maximum atomic E-state index is 11.7. The van der Waals surface area contributed by atoms with E-state index in [1.54, 1.807) is 31.2 Å². The van der Waals surface area contributed by atoms with Crippen molar-refractivity contribution in [2.45, 2.75) is 18.2 Å². The Balaban J connectivity index is 1.84. The fraction of sp³-hybridized carbons (Fsp3) is 0.231. The predicted molar refractivity (Wildman–Crippen MR) is 83.8 cm³/mol. The molecule has 0 atom stereocenters. The minimum Gasteiger partial charge on any atom is -0.508 e. The van der Waals surface area contributed by atoms with Crippen LogP contribution in [0.15, 0.2) is 33.7 Å². The first-order valence-corrected chi connectivity index (χ1v) is 7.90. The second-order valence-electron chi connectivity index (χ2n) is 4.15. The number of benzene rings is 1. The highest BCUT2D eigenvalue weighted by Crippen LogP contribution is 2.21. The largest absolute Gasteiger partial charge is 0.508 e. The lowest BCUT2D eigenvalue weighted by molar-refractivity contribution is -0.118. The number of phenolic OH excluding ortho intramolecular Hbond substituents is 1. The Hall–Kier alpha value is -1.93. The number of carbonyl (C=O) groups is 1. The van der Waals surface area contributed by atoms with Crippen LogP contribution in [-0.4, -0.2) is 32.7 Å². The van der Waals surface area contributed by atoms with Gasteiger partial charge in [-0.15, -0.1) is 10.2 Å². The van der Waals surface area contributed by atoms with E-state index in [2.05, 4.69) is 20.7 Å². The molecule has 2 rings (SSSR count). The van der Waals surface area contributed by atoms with Gasteiger partial charge >= 0.3 is 0 Å². The van der Waals surface area contributed by atoms with Gasteiger partial charge in [0.2, 0.25) is 0 Å². The van der Waals surface area contributed by atoms with Gasteiger partial charge in [-0.05, 0) is 43.7 Å². The molecule has 8 heteroatoms. The highest BCUT2D eigenvalue weighted by molar-refractivity contribution is 8.01. The van der Waals surface area contributed by atoms with Crippen LogP contribution < -0.4 is 5.43 Å². The van der Waals surface area contributed by atoms with E-state index < -0.39 is 0 Å². The van der Waals surface area contributed by atoms with E-state index in [0.717, 1.165) is 14.9 Å². The quantitative estimate of drug-likeness (QED) is 0.500. The third kappa shape index (κ3) is 4.83. The van der Waals surface area contributed by atoms with Gasteiger partial charge in [0, 0.05) is 0 Å². The number of amides is 1. The first kappa shape index (κ1) is 15.5. The van der Waals surface area contributed by atoms with Crippen LogP contribution in [-0.2, 0) is 4.79 Å². The molecule has 0 bridgehead atoms. The maximum absolute atomic E-state index is 11.7. The van der Waals surface area contributed by atoms with Crippen LogP contribution in [0.5, 0.6) is 5.75 Å². The number of nitrogens with zero attached hydrogens (tertiary/aromatic N) is 3. The number of hydrogen-bond acceptors (Lipinski definition) is 7. The van der Waals surface area contributed by atoms with Crippen molar-refractivity contribution in [3.8, 4) is 5.75 Å². The molecule has 0 unspecified atom stereocenters. The van der Waals surface area contributed by atoms with Crippen molar-refractivity contribution >= 4 is 34.7 Å². The lowest BCUT2D eigenvalue weighted by Crippen LogP contribution is -2.21. The fourth-order valence-electron chi connectivity index (χ4n) is 1.41. The minimum atomic E-state index is -0.203. The van der Waals surface area contributed by atoms with Gasteiger partial charge in [-0.2, -0.15) is 5.10 Å². The summed E-state index contributed by atoms with van der Waals surface area (Å²) in [4.78, 5) is 11.7. The summed E-state index contributed by atoms with van der Waals surface area (Å²) in [5.74, 6) is 0.228. The van der Waals surface area contributed by atoms with E-state index in [-0.39, 0.29) is 17.4 Å². The van der Waals surface area contributed by atoms with Crippen molar-refractivity contribution < 1.29 is 9.90 Å². The van der Waals surface area contributed by atoms with Crippen LogP contribution in [0.4, 0.5) is 0 Å². The molecule has 110 valence electrons. The molecule has 1 aromatic carbocycles. The fourth-order valence-corrected chi connectivity index (χ4v) is 3.02. The number of hydrazone groups is 1. The van der Waals surface area contributed by atoms with Crippen molar-refractivity contribution in [2.75, 3.05) is 5.75 Å². The van der Waals surface area contributed by atoms with E-state index in [9.17, 15) is 9.90 Å². The third-order valence-corrected chi connectivity index (χ3v) is 4.44. The summed E-state index contributed by atoms with van der Waals surface area (Å²) in [6.07, 6.45) is 0. The van der Waals surface area contributed by atoms with Crippen LogP contribution in [0.1, 0.15) is 17.5 Å². The summed E-state index contributed by atoms with van der Waals surface area (Å²) < 4.78 is 0.766. The van der Waals surface area contributed by atoms with Gasteiger partial charge < -0.3 is 5.11 Å². The summed E-state index contributed by atoms with van der Waals surface area (Å²) in [7, 11) is 0. The first-order valence-electron chi connectivity index (χ1n) is 6.10. The summed E-state index contributed by atoms with van der Waals surface area (Å²) >= 11 is 2.78. The summed E-state index contributed by atoms with van der Waals surface area (Å²) in [6, 6.07) is 6.62. The molecule has 0 radical (unpaired) electrons. The third-order valence-electron chi connectivity index (χ3n) is 2.47.